The summed E-state index contributed by atoms with van der Waals surface area (Å²) >= 11 is 12.3. The van der Waals surface area contributed by atoms with Crippen molar-refractivity contribution >= 4 is 40.8 Å². The van der Waals surface area contributed by atoms with Gasteiger partial charge in [0, 0.05) is 22.8 Å². The van der Waals surface area contributed by atoms with Crippen molar-refractivity contribution in [2.24, 2.45) is 5.73 Å². The largest absolute Gasteiger partial charge is 0.494 e. The van der Waals surface area contributed by atoms with Crippen molar-refractivity contribution in [1.82, 2.24) is 14.7 Å². The molecule has 0 saturated carbocycles. The minimum Gasteiger partial charge on any atom is -0.494 e. The quantitative estimate of drug-likeness (QED) is 0.542. The van der Waals surface area contributed by atoms with Gasteiger partial charge in [-0.15, -0.1) is 0 Å². The van der Waals surface area contributed by atoms with E-state index in [1.807, 2.05) is 13.0 Å². The Morgan fingerprint density at radius 3 is 2.71 bits per heavy atom. The summed E-state index contributed by atoms with van der Waals surface area (Å²) in [5.41, 5.74) is 8.22. The van der Waals surface area contributed by atoms with Crippen molar-refractivity contribution in [3.8, 4) is 23.1 Å². The number of fused-ring (bicyclic) bond motifs is 1. The highest BCUT2D eigenvalue weighted by atomic mass is 35.5. The average molecular weight is 499 g/mol. The standard InChI is InChI=1S/C23H20Cl2N6O3/c1-2-34-17-8-14(7-15(24)9-17)21-20(22(27)32)19-12-30(5-6-31(19)29-21)23(33)28-16-4-3-13(11-26)18(25)10-16/h3-4,7-10H,2,5-6,12H2,1H3,(H2,27,32)(H,28,33). The molecule has 0 unspecified atom stereocenters. The summed E-state index contributed by atoms with van der Waals surface area (Å²) in [5, 5.41) is 17.0. The number of urea groups is 1. The number of carbonyl (C=O) groups is 2. The molecule has 9 nitrogen and oxygen atoms in total. The number of primary amides is 1. The van der Waals surface area contributed by atoms with Crippen molar-refractivity contribution in [2.75, 3.05) is 18.5 Å². The molecule has 2 aromatic carbocycles. The van der Waals surface area contributed by atoms with Gasteiger partial charge in [-0.05, 0) is 43.3 Å². The Bertz CT molecular complexity index is 1330. The van der Waals surface area contributed by atoms with Gasteiger partial charge in [-0.2, -0.15) is 10.4 Å². The van der Waals surface area contributed by atoms with Crippen molar-refractivity contribution in [2.45, 2.75) is 20.0 Å². The minimum absolute atomic E-state index is 0.125. The Labute approximate surface area is 205 Å². The number of halogens is 2. The first kappa shape index (κ1) is 23.4. The van der Waals surface area contributed by atoms with Gasteiger partial charge in [0.2, 0.25) is 0 Å². The van der Waals surface area contributed by atoms with Gasteiger partial charge in [0.25, 0.3) is 5.91 Å². The maximum atomic E-state index is 12.9. The molecule has 1 aliphatic heterocycles. The lowest BCUT2D eigenvalue weighted by Crippen LogP contribution is -2.41. The van der Waals surface area contributed by atoms with E-state index in [-0.39, 0.29) is 23.2 Å². The molecular weight excluding hydrogens is 479 g/mol. The molecule has 1 aliphatic rings. The van der Waals surface area contributed by atoms with Gasteiger partial charge >= 0.3 is 6.03 Å². The Hall–Kier alpha value is -3.74. The minimum atomic E-state index is -0.657. The second kappa shape index (κ2) is 9.63. The summed E-state index contributed by atoms with van der Waals surface area (Å²) in [6.07, 6.45) is 0. The van der Waals surface area contributed by atoms with Crippen LogP contribution in [0.15, 0.2) is 36.4 Å². The number of benzene rings is 2. The second-order valence-corrected chi connectivity index (χ2v) is 8.37. The van der Waals surface area contributed by atoms with Gasteiger partial charge in [0.1, 0.15) is 17.5 Å². The van der Waals surface area contributed by atoms with Gasteiger partial charge < -0.3 is 20.7 Å². The Balaban J connectivity index is 1.63. The number of hydrogen-bond acceptors (Lipinski definition) is 5. The highest BCUT2D eigenvalue weighted by Gasteiger charge is 2.30. The normalized spacial score (nSPS) is 12.6. The summed E-state index contributed by atoms with van der Waals surface area (Å²) in [6, 6.07) is 11.3. The molecule has 4 rings (SSSR count). The molecule has 1 aromatic heterocycles. The number of carbonyl (C=O) groups excluding carboxylic acids is 2. The highest BCUT2D eigenvalue weighted by Crippen LogP contribution is 2.33. The first-order chi connectivity index (χ1) is 16.3. The predicted octanol–water partition coefficient (Wildman–Crippen LogP) is 4.27. The fourth-order valence-electron chi connectivity index (χ4n) is 3.79. The van der Waals surface area contributed by atoms with E-state index in [2.05, 4.69) is 10.4 Å². The van der Waals surface area contributed by atoms with Crippen LogP contribution in [0, 0.1) is 11.3 Å². The molecule has 2 heterocycles. The topological polar surface area (TPSA) is 126 Å². The molecule has 0 spiro atoms. The molecule has 0 fully saturated rings. The highest BCUT2D eigenvalue weighted by molar-refractivity contribution is 6.32. The lowest BCUT2D eigenvalue weighted by atomic mass is 10.0. The van der Waals surface area contributed by atoms with Gasteiger partial charge in [-0.3, -0.25) is 9.48 Å². The number of nitrogens with one attached hydrogen (secondary N) is 1. The van der Waals surface area contributed by atoms with E-state index < -0.39 is 5.91 Å². The SMILES string of the molecule is CCOc1cc(Cl)cc(-c2nn3c(c2C(N)=O)CN(C(=O)Nc2ccc(C#N)c(Cl)c2)CC3)c1. The van der Waals surface area contributed by atoms with Crippen LogP contribution >= 0.6 is 23.2 Å². The summed E-state index contributed by atoms with van der Waals surface area (Å²) in [5.74, 6) is -0.108. The third-order valence-corrected chi connectivity index (χ3v) is 5.84. The molecule has 34 heavy (non-hydrogen) atoms. The average Bonchev–Trinajstić information content (AvgIpc) is 3.18. The Kier molecular flexibility index (Phi) is 6.63. The number of hydrogen-bond donors (Lipinski definition) is 2. The monoisotopic (exact) mass is 498 g/mol. The Morgan fingerprint density at radius 1 is 1.24 bits per heavy atom. The fraction of sp³-hybridized carbons (Fsp3) is 0.217. The molecule has 0 radical (unpaired) electrons. The lowest BCUT2D eigenvalue weighted by Gasteiger charge is -2.28. The van der Waals surface area contributed by atoms with E-state index in [0.29, 0.717) is 58.7 Å². The van der Waals surface area contributed by atoms with Gasteiger partial charge in [0.15, 0.2) is 0 Å². The van der Waals surface area contributed by atoms with E-state index in [9.17, 15) is 9.59 Å². The number of anilines is 1. The number of nitrogens with two attached hydrogens (primary N) is 1. The van der Waals surface area contributed by atoms with E-state index >= 15 is 0 Å². The first-order valence-corrected chi connectivity index (χ1v) is 11.1. The van der Waals surface area contributed by atoms with Crippen LogP contribution in [-0.4, -0.2) is 39.8 Å². The number of nitrogens with zero attached hydrogens (tertiary/aromatic N) is 4. The third-order valence-electron chi connectivity index (χ3n) is 5.31. The summed E-state index contributed by atoms with van der Waals surface area (Å²) in [6.45, 7) is 3.17. The van der Waals surface area contributed by atoms with Crippen LogP contribution < -0.4 is 15.8 Å². The van der Waals surface area contributed by atoms with Crippen molar-refractivity contribution in [1.29, 1.82) is 5.26 Å². The number of amides is 3. The van der Waals surface area contributed by atoms with Crippen molar-refractivity contribution in [3.63, 3.8) is 0 Å². The zero-order valence-corrected chi connectivity index (χ0v) is 19.7. The molecular formula is C23H20Cl2N6O3. The van der Waals surface area contributed by atoms with E-state index in [4.69, 9.17) is 38.9 Å². The van der Waals surface area contributed by atoms with Crippen LogP contribution in [0.5, 0.6) is 5.75 Å². The maximum absolute atomic E-state index is 12.9. The second-order valence-electron chi connectivity index (χ2n) is 7.52. The van der Waals surface area contributed by atoms with Crippen molar-refractivity contribution < 1.29 is 14.3 Å². The number of aromatic nitrogens is 2. The molecule has 0 bridgehead atoms. The number of rotatable bonds is 5. The van der Waals surface area contributed by atoms with Crippen LogP contribution in [0.3, 0.4) is 0 Å². The predicted molar refractivity (Wildman–Crippen MR) is 128 cm³/mol. The van der Waals surface area contributed by atoms with Crippen LogP contribution in [0.4, 0.5) is 10.5 Å². The number of ether oxygens (including phenoxy) is 1. The smallest absolute Gasteiger partial charge is 0.322 e. The zero-order chi connectivity index (χ0) is 24.4. The first-order valence-electron chi connectivity index (χ1n) is 10.4. The van der Waals surface area contributed by atoms with E-state index in [1.165, 1.54) is 12.1 Å². The van der Waals surface area contributed by atoms with Crippen molar-refractivity contribution in [3.05, 3.63) is 63.3 Å². The van der Waals surface area contributed by atoms with E-state index in [0.717, 1.165) is 0 Å². The van der Waals surface area contributed by atoms with Gasteiger partial charge in [-0.25, -0.2) is 4.79 Å². The summed E-state index contributed by atoms with van der Waals surface area (Å²) in [4.78, 5) is 26.9. The van der Waals surface area contributed by atoms with Gasteiger partial charge in [-0.1, -0.05) is 23.2 Å². The molecule has 0 saturated heterocycles. The van der Waals surface area contributed by atoms with Gasteiger partial charge in [0.05, 0.1) is 41.5 Å². The lowest BCUT2D eigenvalue weighted by molar-refractivity contribution is 0.0997. The molecule has 11 heteroatoms. The fourth-order valence-corrected chi connectivity index (χ4v) is 4.24. The molecule has 3 N–H and O–H groups in total. The maximum Gasteiger partial charge on any atom is 0.322 e. The zero-order valence-electron chi connectivity index (χ0n) is 18.1. The molecule has 174 valence electrons. The third kappa shape index (κ3) is 4.64. The van der Waals surface area contributed by atoms with Crippen LogP contribution in [0.25, 0.3) is 11.3 Å². The van der Waals surface area contributed by atoms with Crippen LogP contribution in [0.2, 0.25) is 10.0 Å². The summed E-state index contributed by atoms with van der Waals surface area (Å²) < 4.78 is 7.24. The van der Waals surface area contributed by atoms with Crippen LogP contribution in [-0.2, 0) is 13.1 Å². The molecule has 0 atom stereocenters. The molecule has 3 aromatic rings. The molecule has 0 aliphatic carbocycles. The van der Waals surface area contributed by atoms with Crippen LogP contribution in [0.1, 0.15) is 28.5 Å². The summed E-state index contributed by atoms with van der Waals surface area (Å²) in [7, 11) is 0. The Morgan fingerprint density at radius 2 is 2.03 bits per heavy atom. The number of nitriles is 1. The molecule has 3 amide bonds. The van der Waals surface area contributed by atoms with E-state index in [1.54, 1.807) is 33.8 Å².